The summed E-state index contributed by atoms with van der Waals surface area (Å²) in [4.78, 5) is 38.9. The predicted molar refractivity (Wildman–Crippen MR) is 95.4 cm³/mol. The molecule has 3 rings (SSSR count). The van der Waals surface area contributed by atoms with Crippen LogP contribution in [-0.2, 0) is 16.0 Å². The van der Waals surface area contributed by atoms with E-state index in [1.54, 1.807) is 17.0 Å². The third-order valence-corrected chi connectivity index (χ3v) is 4.93. The van der Waals surface area contributed by atoms with Crippen molar-refractivity contribution in [2.75, 3.05) is 18.4 Å². The van der Waals surface area contributed by atoms with Crippen molar-refractivity contribution in [3.63, 3.8) is 0 Å². The van der Waals surface area contributed by atoms with Gasteiger partial charge in [0.25, 0.3) is 5.91 Å². The van der Waals surface area contributed by atoms with Gasteiger partial charge in [-0.05, 0) is 49.8 Å². The molecule has 6 heteroatoms. The Bertz CT molecular complexity index is 686. The Labute approximate surface area is 148 Å². The molecule has 0 aliphatic carbocycles. The van der Waals surface area contributed by atoms with Gasteiger partial charge >= 0.3 is 0 Å². The van der Waals surface area contributed by atoms with Gasteiger partial charge in [0.2, 0.25) is 11.8 Å². The zero-order valence-electron chi connectivity index (χ0n) is 14.6. The molecule has 1 aromatic carbocycles. The number of nitrogens with zero attached hydrogens (tertiary/aromatic N) is 1. The lowest BCUT2D eigenvalue weighted by Crippen LogP contribution is -2.50. The molecule has 3 amide bonds. The number of fused-ring (bicyclic) bond motifs is 1. The third-order valence-electron chi connectivity index (χ3n) is 4.93. The molecule has 2 N–H and O–H groups in total. The summed E-state index contributed by atoms with van der Waals surface area (Å²) in [6.07, 6.45) is 4.54. The lowest BCUT2D eigenvalue weighted by atomic mass is 9.97. The van der Waals surface area contributed by atoms with Gasteiger partial charge in [0.15, 0.2) is 0 Å². The number of hydrogen-bond donors (Lipinski definition) is 2. The minimum atomic E-state index is -0.416. The van der Waals surface area contributed by atoms with E-state index in [-0.39, 0.29) is 17.7 Å². The summed E-state index contributed by atoms with van der Waals surface area (Å²) in [5.74, 6) is -0.199. The van der Waals surface area contributed by atoms with Crippen molar-refractivity contribution in [1.29, 1.82) is 0 Å². The monoisotopic (exact) mass is 343 g/mol. The van der Waals surface area contributed by atoms with Crippen LogP contribution in [0.2, 0.25) is 0 Å². The fraction of sp³-hybridized carbons (Fsp3) is 0.526. The fourth-order valence-corrected chi connectivity index (χ4v) is 3.66. The van der Waals surface area contributed by atoms with Crippen LogP contribution in [0, 0.1) is 0 Å². The largest absolute Gasteiger partial charge is 0.352 e. The van der Waals surface area contributed by atoms with Gasteiger partial charge in [0.05, 0.1) is 0 Å². The normalized spacial score (nSPS) is 19.8. The van der Waals surface area contributed by atoms with Gasteiger partial charge in [-0.2, -0.15) is 0 Å². The average molecular weight is 343 g/mol. The van der Waals surface area contributed by atoms with Crippen LogP contribution in [-0.4, -0.2) is 41.8 Å². The van der Waals surface area contributed by atoms with Crippen LogP contribution >= 0.6 is 0 Å². The van der Waals surface area contributed by atoms with Crippen LogP contribution in [0.25, 0.3) is 0 Å². The van der Waals surface area contributed by atoms with Crippen molar-refractivity contribution in [2.45, 2.75) is 51.5 Å². The van der Waals surface area contributed by atoms with Crippen molar-refractivity contribution in [1.82, 2.24) is 10.2 Å². The smallest absolute Gasteiger partial charge is 0.251 e. The molecule has 0 spiro atoms. The molecular weight excluding hydrogens is 318 g/mol. The number of likely N-dealkylation sites (tertiary alicyclic amines) is 1. The highest BCUT2D eigenvalue weighted by Gasteiger charge is 2.32. The number of amides is 3. The number of carbonyl (C=O) groups excluding carboxylic acids is 3. The van der Waals surface area contributed by atoms with Crippen molar-refractivity contribution in [3.8, 4) is 0 Å². The zero-order valence-corrected chi connectivity index (χ0v) is 14.6. The quantitative estimate of drug-likeness (QED) is 0.879. The summed E-state index contributed by atoms with van der Waals surface area (Å²) >= 11 is 0. The van der Waals surface area contributed by atoms with E-state index < -0.39 is 6.04 Å². The Balaban J connectivity index is 1.78. The summed E-state index contributed by atoms with van der Waals surface area (Å²) < 4.78 is 0. The second kappa shape index (κ2) is 7.68. The summed E-state index contributed by atoms with van der Waals surface area (Å²) in [6.45, 7) is 3.19. The first-order valence-electron chi connectivity index (χ1n) is 9.12. The molecule has 2 aliphatic rings. The molecule has 0 saturated carbocycles. The molecular formula is C19H25N3O3. The van der Waals surface area contributed by atoms with Gasteiger partial charge in [0.1, 0.15) is 6.04 Å². The maximum atomic E-state index is 12.8. The van der Waals surface area contributed by atoms with Crippen LogP contribution < -0.4 is 10.6 Å². The molecule has 2 heterocycles. The van der Waals surface area contributed by atoms with Gasteiger partial charge in [0, 0.05) is 30.8 Å². The van der Waals surface area contributed by atoms with Crippen molar-refractivity contribution in [3.05, 3.63) is 29.3 Å². The number of benzene rings is 1. The highest BCUT2D eigenvalue weighted by Crippen LogP contribution is 2.25. The molecule has 6 nitrogen and oxygen atoms in total. The van der Waals surface area contributed by atoms with Gasteiger partial charge in [-0.3, -0.25) is 14.4 Å². The van der Waals surface area contributed by atoms with Crippen molar-refractivity contribution >= 4 is 23.4 Å². The molecule has 1 saturated heterocycles. The Hall–Kier alpha value is -2.37. The summed E-state index contributed by atoms with van der Waals surface area (Å²) in [5.41, 5.74) is 2.18. The van der Waals surface area contributed by atoms with Gasteiger partial charge in [-0.1, -0.05) is 13.0 Å². The van der Waals surface area contributed by atoms with E-state index in [1.165, 1.54) is 0 Å². The Morgan fingerprint density at radius 3 is 2.96 bits per heavy atom. The highest BCUT2D eigenvalue weighted by atomic mass is 16.2. The van der Waals surface area contributed by atoms with Crippen LogP contribution in [0.3, 0.4) is 0 Å². The maximum absolute atomic E-state index is 12.8. The molecule has 2 aliphatic heterocycles. The summed E-state index contributed by atoms with van der Waals surface area (Å²) in [6, 6.07) is 4.97. The number of anilines is 1. The third kappa shape index (κ3) is 3.67. The Kier molecular flexibility index (Phi) is 5.36. The molecule has 0 bridgehead atoms. The van der Waals surface area contributed by atoms with E-state index in [4.69, 9.17) is 0 Å². The molecule has 25 heavy (non-hydrogen) atoms. The average Bonchev–Trinajstić information content (AvgIpc) is 2.63. The second-order valence-electron chi connectivity index (χ2n) is 6.68. The first-order valence-corrected chi connectivity index (χ1v) is 9.12. The number of piperidine rings is 1. The number of nitrogens with one attached hydrogen (secondary N) is 2. The minimum Gasteiger partial charge on any atom is -0.352 e. The van der Waals surface area contributed by atoms with Gasteiger partial charge in [-0.25, -0.2) is 0 Å². The summed E-state index contributed by atoms with van der Waals surface area (Å²) in [7, 11) is 0. The van der Waals surface area contributed by atoms with Crippen molar-refractivity contribution < 1.29 is 14.4 Å². The second-order valence-corrected chi connectivity index (χ2v) is 6.68. The first-order chi connectivity index (χ1) is 12.1. The molecule has 0 aromatic heterocycles. The van der Waals surface area contributed by atoms with Crippen LogP contribution in [0.4, 0.5) is 5.69 Å². The zero-order chi connectivity index (χ0) is 17.8. The number of rotatable bonds is 4. The van der Waals surface area contributed by atoms with E-state index in [9.17, 15) is 14.4 Å². The van der Waals surface area contributed by atoms with E-state index in [2.05, 4.69) is 10.6 Å². The molecule has 1 aromatic rings. The van der Waals surface area contributed by atoms with Gasteiger partial charge < -0.3 is 15.5 Å². The first kappa shape index (κ1) is 17.5. The van der Waals surface area contributed by atoms with E-state index in [0.29, 0.717) is 43.6 Å². The molecule has 1 unspecified atom stereocenters. The summed E-state index contributed by atoms with van der Waals surface area (Å²) in [5, 5.41) is 5.79. The standard InChI is InChI=1S/C19H25N3O3/c1-2-6-17(23)22-12-4-3-9-16(22)19(25)21-15-8-5-7-14-13(15)10-11-20-18(14)24/h5,7-8,16H,2-4,6,9-12H2,1H3,(H,20,24)(H,21,25). The van der Waals surface area contributed by atoms with Crippen molar-refractivity contribution in [2.24, 2.45) is 0 Å². The fourth-order valence-electron chi connectivity index (χ4n) is 3.66. The topological polar surface area (TPSA) is 78.5 Å². The van der Waals surface area contributed by atoms with E-state index >= 15 is 0 Å². The molecule has 1 atom stereocenters. The molecule has 1 fully saturated rings. The number of hydrogen-bond acceptors (Lipinski definition) is 3. The lowest BCUT2D eigenvalue weighted by molar-refractivity contribution is -0.140. The Morgan fingerprint density at radius 2 is 2.16 bits per heavy atom. The number of carbonyl (C=O) groups is 3. The SMILES string of the molecule is CCCC(=O)N1CCCCC1C(=O)Nc1cccc2c1CCNC2=O. The predicted octanol–water partition coefficient (Wildman–Crippen LogP) is 2.09. The highest BCUT2D eigenvalue weighted by molar-refractivity contribution is 6.02. The van der Waals surface area contributed by atoms with Crippen LogP contribution in [0.1, 0.15) is 54.9 Å². The maximum Gasteiger partial charge on any atom is 0.251 e. The van der Waals surface area contributed by atoms with Crippen LogP contribution in [0.5, 0.6) is 0 Å². The Morgan fingerprint density at radius 1 is 1.32 bits per heavy atom. The van der Waals surface area contributed by atoms with E-state index in [0.717, 1.165) is 24.8 Å². The molecule has 0 radical (unpaired) electrons. The van der Waals surface area contributed by atoms with Gasteiger partial charge in [-0.15, -0.1) is 0 Å². The lowest BCUT2D eigenvalue weighted by Gasteiger charge is -2.35. The van der Waals surface area contributed by atoms with Crippen LogP contribution in [0.15, 0.2) is 18.2 Å². The molecule has 134 valence electrons. The minimum absolute atomic E-state index is 0.0526. The van der Waals surface area contributed by atoms with E-state index in [1.807, 2.05) is 13.0 Å².